The van der Waals surface area contributed by atoms with Gasteiger partial charge in [-0.25, -0.2) is 9.78 Å². The molecule has 0 aromatic heterocycles. The second-order valence-corrected chi connectivity index (χ2v) is 7.04. The molecule has 2 heteroatoms. The summed E-state index contributed by atoms with van der Waals surface area (Å²) in [4.78, 5) is 11.2. The third-order valence-electron chi connectivity index (χ3n) is 4.17. The topological polar surface area (TPSA) is 18.5 Å². The first-order valence-corrected chi connectivity index (χ1v) is 6.21. The van der Waals surface area contributed by atoms with Crippen LogP contribution in [-0.2, 0) is 9.78 Å². The summed E-state index contributed by atoms with van der Waals surface area (Å²) < 4.78 is 0. The highest BCUT2D eigenvalue weighted by molar-refractivity contribution is 5.23. The number of hydrogen-bond donors (Lipinski definition) is 0. The average molecular weight is 224 g/mol. The van der Waals surface area contributed by atoms with Crippen LogP contribution in [0.15, 0.2) is 12.2 Å². The summed E-state index contributed by atoms with van der Waals surface area (Å²) in [5.41, 5.74) is -0.155. The average Bonchev–Trinajstić information content (AvgIpc) is 2.13. The van der Waals surface area contributed by atoms with Crippen LogP contribution in [0.2, 0.25) is 0 Å². The second-order valence-electron chi connectivity index (χ2n) is 7.04. The smallest absolute Gasteiger partial charge is 0.122 e. The van der Waals surface area contributed by atoms with E-state index in [-0.39, 0.29) is 11.2 Å². The predicted molar refractivity (Wildman–Crippen MR) is 64.8 cm³/mol. The van der Waals surface area contributed by atoms with Crippen LogP contribution in [0.3, 0.4) is 0 Å². The predicted octanol–water partition coefficient (Wildman–Crippen LogP) is 3.72. The van der Waals surface area contributed by atoms with Gasteiger partial charge in [-0.3, -0.25) is 0 Å². The largest absolute Gasteiger partial charge is 0.230 e. The van der Waals surface area contributed by atoms with E-state index in [1.54, 1.807) is 0 Å². The number of hydrogen-bond acceptors (Lipinski definition) is 2. The second kappa shape index (κ2) is 3.33. The van der Waals surface area contributed by atoms with Crippen molar-refractivity contribution in [2.75, 3.05) is 0 Å². The summed E-state index contributed by atoms with van der Waals surface area (Å²) >= 11 is 0. The lowest BCUT2D eigenvalue weighted by atomic mass is 9.47. The van der Waals surface area contributed by atoms with E-state index in [1.807, 2.05) is 20.8 Å². The van der Waals surface area contributed by atoms with Crippen molar-refractivity contribution >= 4 is 0 Å². The molecule has 3 unspecified atom stereocenters. The minimum atomic E-state index is -0.258. The fourth-order valence-electron chi connectivity index (χ4n) is 2.98. The van der Waals surface area contributed by atoms with Gasteiger partial charge in [-0.2, -0.15) is 0 Å². The molecular formula is C14H24O2. The van der Waals surface area contributed by atoms with E-state index in [2.05, 4.69) is 32.9 Å². The highest BCUT2D eigenvalue weighted by Crippen LogP contribution is 2.60. The Morgan fingerprint density at radius 3 is 2.25 bits per heavy atom. The van der Waals surface area contributed by atoms with Crippen molar-refractivity contribution in [1.82, 2.24) is 0 Å². The first-order valence-electron chi connectivity index (χ1n) is 6.21. The molecule has 1 saturated carbocycles. The van der Waals surface area contributed by atoms with E-state index in [4.69, 9.17) is 9.78 Å². The van der Waals surface area contributed by atoms with Gasteiger partial charge >= 0.3 is 0 Å². The van der Waals surface area contributed by atoms with E-state index in [0.717, 1.165) is 5.92 Å². The SMILES string of the molecule is CC(C)(C)OOC1(C)C=CC2CC1C2(C)C. The van der Waals surface area contributed by atoms with Crippen molar-refractivity contribution in [2.24, 2.45) is 17.3 Å². The maximum Gasteiger partial charge on any atom is 0.122 e. The molecule has 0 amide bonds. The van der Waals surface area contributed by atoms with Gasteiger partial charge in [0.1, 0.15) is 5.60 Å². The number of rotatable bonds is 2. The molecule has 0 aromatic rings. The van der Waals surface area contributed by atoms with Crippen LogP contribution in [0.1, 0.15) is 48.0 Å². The Kier molecular flexibility index (Phi) is 2.52. The van der Waals surface area contributed by atoms with Crippen molar-refractivity contribution in [3.8, 4) is 0 Å². The van der Waals surface area contributed by atoms with Gasteiger partial charge in [-0.1, -0.05) is 26.0 Å². The minimum absolute atomic E-state index is 0.248. The lowest BCUT2D eigenvalue weighted by Crippen LogP contribution is -2.58. The van der Waals surface area contributed by atoms with Crippen LogP contribution in [0.4, 0.5) is 0 Å². The quantitative estimate of drug-likeness (QED) is 0.404. The summed E-state index contributed by atoms with van der Waals surface area (Å²) in [5.74, 6) is 1.29. The molecular weight excluding hydrogens is 200 g/mol. The molecule has 0 spiro atoms. The van der Waals surface area contributed by atoms with Gasteiger partial charge in [0, 0.05) is 5.92 Å². The van der Waals surface area contributed by atoms with E-state index in [1.165, 1.54) is 6.42 Å². The third-order valence-corrected chi connectivity index (χ3v) is 4.17. The zero-order chi connectivity index (χ0) is 12.2. The van der Waals surface area contributed by atoms with E-state index in [0.29, 0.717) is 11.3 Å². The monoisotopic (exact) mass is 224 g/mol. The van der Waals surface area contributed by atoms with E-state index < -0.39 is 0 Å². The Bertz CT molecular complexity index is 311. The van der Waals surface area contributed by atoms with Gasteiger partial charge in [0.15, 0.2) is 0 Å². The van der Waals surface area contributed by atoms with Crippen molar-refractivity contribution < 1.29 is 9.78 Å². The molecule has 0 radical (unpaired) electrons. The van der Waals surface area contributed by atoms with Gasteiger partial charge in [0.25, 0.3) is 0 Å². The zero-order valence-corrected chi connectivity index (χ0v) is 11.3. The summed E-state index contributed by atoms with van der Waals surface area (Å²) in [6.07, 6.45) is 5.71. The standard InChI is InChI=1S/C14H24O2/c1-12(2,3)15-16-14(6)8-7-10-9-11(14)13(10,4)5/h7-8,10-11H,9H2,1-6H3. The molecule has 3 rings (SSSR count). The van der Waals surface area contributed by atoms with Crippen LogP contribution >= 0.6 is 0 Å². The van der Waals surface area contributed by atoms with Crippen LogP contribution in [-0.4, -0.2) is 11.2 Å². The summed E-state index contributed by atoms with van der Waals surface area (Å²) in [5, 5.41) is 0. The first-order chi connectivity index (χ1) is 7.15. The van der Waals surface area contributed by atoms with Gasteiger partial charge in [-0.05, 0) is 45.4 Å². The Hall–Kier alpha value is -0.340. The highest BCUT2D eigenvalue weighted by Gasteiger charge is 2.58. The van der Waals surface area contributed by atoms with Crippen molar-refractivity contribution in [3.05, 3.63) is 12.2 Å². The van der Waals surface area contributed by atoms with Crippen molar-refractivity contribution in [2.45, 2.75) is 59.2 Å². The normalized spacial score (nSPS) is 40.6. The Morgan fingerprint density at radius 2 is 1.81 bits per heavy atom. The molecule has 0 N–H and O–H groups in total. The molecule has 16 heavy (non-hydrogen) atoms. The molecule has 1 fully saturated rings. The molecule has 3 aliphatic carbocycles. The van der Waals surface area contributed by atoms with Gasteiger partial charge in [-0.15, -0.1) is 0 Å². The van der Waals surface area contributed by atoms with Crippen LogP contribution in [0.25, 0.3) is 0 Å². The van der Waals surface area contributed by atoms with Gasteiger partial charge in [0.05, 0.1) is 5.60 Å². The van der Waals surface area contributed by atoms with Crippen LogP contribution < -0.4 is 0 Å². The lowest BCUT2D eigenvalue weighted by Gasteiger charge is -2.60. The molecule has 2 bridgehead atoms. The van der Waals surface area contributed by atoms with Crippen molar-refractivity contribution in [1.29, 1.82) is 0 Å². The van der Waals surface area contributed by atoms with Crippen LogP contribution in [0, 0.1) is 17.3 Å². The molecule has 0 aromatic carbocycles. The molecule has 0 saturated heterocycles. The first kappa shape index (κ1) is 12.1. The molecule has 3 atom stereocenters. The minimum Gasteiger partial charge on any atom is -0.230 e. The Labute approximate surface area is 98.9 Å². The molecule has 3 aliphatic rings. The van der Waals surface area contributed by atoms with Gasteiger partial charge < -0.3 is 0 Å². The molecule has 0 heterocycles. The summed E-state index contributed by atoms with van der Waals surface area (Å²) in [6.45, 7) is 12.8. The highest BCUT2D eigenvalue weighted by atomic mass is 17.2. The maximum absolute atomic E-state index is 5.73. The maximum atomic E-state index is 5.73. The lowest BCUT2D eigenvalue weighted by molar-refractivity contribution is -0.412. The third kappa shape index (κ3) is 1.82. The van der Waals surface area contributed by atoms with E-state index >= 15 is 0 Å². The molecule has 92 valence electrons. The van der Waals surface area contributed by atoms with Gasteiger partial charge in [0.2, 0.25) is 0 Å². The summed E-state index contributed by atoms with van der Waals surface area (Å²) in [7, 11) is 0. The number of allylic oxidation sites excluding steroid dienone is 1. The van der Waals surface area contributed by atoms with Crippen molar-refractivity contribution in [3.63, 3.8) is 0 Å². The van der Waals surface area contributed by atoms with E-state index in [9.17, 15) is 0 Å². The zero-order valence-electron chi connectivity index (χ0n) is 11.3. The fraction of sp³-hybridized carbons (Fsp3) is 0.857. The Morgan fingerprint density at radius 1 is 1.19 bits per heavy atom. The summed E-state index contributed by atoms with van der Waals surface area (Å²) in [6, 6.07) is 0. The molecule has 0 aliphatic heterocycles. The number of fused-ring (bicyclic) bond motifs is 1. The Balaban J connectivity index is 2.09. The fourth-order valence-corrected chi connectivity index (χ4v) is 2.98. The van der Waals surface area contributed by atoms with Crippen LogP contribution in [0.5, 0.6) is 0 Å². The molecule has 2 nitrogen and oxygen atoms in total.